The van der Waals surface area contributed by atoms with Crippen LogP contribution >= 0.6 is 15.6 Å². The molecule has 138 heavy (non-hydrogen) atoms. The summed E-state index contributed by atoms with van der Waals surface area (Å²) in [6.45, 7) is 18.7. The van der Waals surface area contributed by atoms with Gasteiger partial charge in [-0.25, -0.2) is 33.4 Å². The number of phosphoric acid groups is 2. The Morgan fingerprint density at radius 2 is 1.36 bits per heavy atom. The molecule has 6 heterocycles. The zero-order chi connectivity index (χ0) is 102. The van der Waals surface area contributed by atoms with Gasteiger partial charge < -0.3 is 135 Å². The first-order valence-electron chi connectivity index (χ1n) is 45.7. The van der Waals surface area contributed by atoms with Crippen LogP contribution in [0.3, 0.4) is 0 Å². The number of carbonyl (C=O) groups is 9. The molecule has 23 atom stereocenters. The van der Waals surface area contributed by atoms with Gasteiger partial charge in [0, 0.05) is 53.5 Å². The first-order chi connectivity index (χ1) is 65.3. The van der Waals surface area contributed by atoms with Crippen molar-refractivity contribution in [3.63, 3.8) is 0 Å². The highest BCUT2D eigenvalue weighted by Gasteiger charge is 2.52. The molecule has 8 rings (SSSR count). The van der Waals surface area contributed by atoms with Crippen molar-refractivity contribution in [2.24, 2.45) is 35.3 Å². The minimum absolute atomic E-state index is 0.0263. The van der Waals surface area contributed by atoms with Crippen LogP contribution in [-0.4, -0.2) is 341 Å². The second kappa shape index (κ2) is 53.9. The van der Waals surface area contributed by atoms with Gasteiger partial charge in [-0.2, -0.15) is 4.31 Å². The number of ether oxygens (including phenoxy) is 9. The molecule has 0 bridgehead atoms. The zero-order valence-corrected chi connectivity index (χ0v) is 82.0. The number of fused-ring (bicyclic) bond motifs is 1. The summed E-state index contributed by atoms with van der Waals surface area (Å²) < 4.78 is 93.4. The molecule has 0 saturated carbocycles. The summed E-state index contributed by atoms with van der Waals surface area (Å²) in [5.41, 5.74) is 6.25. The number of aromatic nitrogens is 7. The fourth-order valence-corrected chi connectivity index (χ4v) is 18.5. The van der Waals surface area contributed by atoms with Gasteiger partial charge >= 0.3 is 27.8 Å². The summed E-state index contributed by atoms with van der Waals surface area (Å²) in [6, 6.07) is 8.25. The van der Waals surface area contributed by atoms with E-state index in [1.165, 1.54) is 39.3 Å². The quantitative estimate of drug-likeness (QED) is 0.0190. The SMILES string of the molecule is CC[C@H](C)[C@@H]([C@@H](CC(=O)N1CCC[C@H]1[C@H](OC)[C@@H](C)C(=O)N[C@H](C)[C@@H](O)c1ccccc1)OC)N(C)C(=O)[C@@H](NC(=O)[C@H](C(C)C)N(C)C(=O)OCc1ccc(NC(=O)[C@H](CCCNC(N)=O)NC(=O)[C@@H](NC(=O)CCOCCOCCOCCOCc2cn(CC3O[C@H](OP(=O)(O)OP(=O)(O)OC[C@H]4O[C@@H](n5cnc6c(=O)[nH]c(C)nc65)[C@@H](O)C4O)C(O)[C@@H](O)[C@@H]3O)nn2)C(C)C)cc1)C(C)C. The maximum atomic E-state index is 14.9. The van der Waals surface area contributed by atoms with Gasteiger partial charge in [0.05, 0.1) is 127 Å². The summed E-state index contributed by atoms with van der Waals surface area (Å²) in [7, 11) is -5.39. The number of aliphatic hydroxyl groups excluding tert-OH is 6. The number of anilines is 1. The van der Waals surface area contributed by atoms with Crippen LogP contribution in [0.1, 0.15) is 149 Å². The molecule has 0 spiro atoms. The molecule has 2 aromatic carbocycles. The standard InChI is InChI=1S/C87H137N17O32P2/c1-16-50(8)69(60(125-14)40-64(106)103-32-21-25-59(103)76(126-15)51(9)78(113)91-52(10)70(107)55-22-18-17-19-23-55)100(12)83(118)66(48(4)5)97-82(117)68(49(6)7)101(13)87(120)131-43-54-26-28-56(29-27-54)94-79(114)58(24-20-31-89-86(88)119)95-80(115)65(47(2)3)96-63(105)30-33-127-34-35-128-36-37-129-38-39-130-44-57-41-102(99-98-57)42-61-71(108)73(110)75(112)85(134-61)135-138(123,124)136-137(121,122)132-45-62-72(109)74(111)84(133-62)104-46-90-67-77(104)92-53(11)93-81(67)116/h17-19,22-23,26-29,41,46-52,58-62,65-66,68-76,84-85,107-112H,16,20-21,24-25,30-40,42-45H2,1-15H3,(H,91,113)(H,94,114)(H,95,115)(H,96,105)(H,97,117)(H,121,122)(H,123,124)(H3,88,89,119)(H,92,93,116)/t50-,51+,52+,58-,59-,60+,61?,62+,65-,66-,68-,69-,70+,71+,72?,73-,74-,75?,76+,84+,85+/m0/s1. The van der Waals surface area contributed by atoms with E-state index in [1.54, 1.807) is 116 Å². The third kappa shape index (κ3) is 32.5. The average molecular weight is 2000 g/mol. The van der Waals surface area contributed by atoms with Crippen molar-refractivity contribution in [3.05, 3.63) is 100 Å². The summed E-state index contributed by atoms with van der Waals surface area (Å²) in [5, 5.41) is 88.9. The number of phosphoric ester groups is 2. The number of imidazole rings is 1. The Labute approximate surface area is 798 Å². The molecule has 0 aliphatic carbocycles. The molecule has 10 amide bonds. The smallest absolute Gasteiger partial charge is 0.445 e. The Balaban J connectivity index is 0.713. The molecule has 51 heteroatoms. The van der Waals surface area contributed by atoms with E-state index < -0.39 is 216 Å². The number of carbonyl (C=O) groups excluding carboxylic acids is 9. The van der Waals surface area contributed by atoms with Crippen molar-refractivity contribution < 1.29 is 149 Å². The molecule has 49 nitrogen and oxygen atoms in total. The number of nitrogens with two attached hydrogens (primary N) is 1. The van der Waals surface area contributed by atoms with Gasteiger partial charge in [0.15, 0.2) is 23.7 Å². The maximum Gasteiger partial charge on any atom is 0.483 e. The van der Waals surface area contributed by atoms with Gasteiger partial charge in [0.1, 0.15) is 85.0 Å². The van der Waals surface area contributed by atoms with Crippen LogP contribution in [0.15, 0.2) is 71.9 Å². The molecule has 3 aromatic heterocycles. The minimum atomic E-state index is -5.78. The Kier molecular flexibility index (Phi) is 44.4. The Morgan fingerprint density at radius 3 is 1.98 bits per heavy atom. The topological polar surface area (TPSA) is 663 Å². The molecule has 772 valence electrons. The largest absolute Gasteiger partial charge is 0.483 e. The Bertz CT molecular complexity index is 4930. The number of methoxy groups -OCH3 is 2. The highest BCUT2D eigenvalue weighted by Crippen LogP contribution is 2.62. The summed E-state index contributed by atoms with van der Waals surface area (Å²) >= 11 is 0. The van der Waals surface area contributed by atoms with Crippen LogP contribution in [-0.2, 0) is 118 Å². The molecule has 5 aromatic rings. The number of amides is 10. The highest BCUT2D eigenvalue weighted by molar-refractivity contribution is 7.61. The van der Waals surface area contributed by atoms with E-state index in [4.69, 9.17) is 57.4 Å². The van der Waals surface area contributed by atoms with Crippen LogP contribution in [0.25, 0.3) is 11.2 Å². The highest BCUT2D eigenvalue weighted by atomic mass is 31.3. The number of likely N-dealkylation sites (N-methyl/N-ethyl adjacent to an activating group) is 2. The number of primary amides is 1. The lowest BCUT2D eigenvalue weighted by Crippen LogP contribution is -2.60. The van der Waals surface area contributed by atoms with Crippen LogP contribution in [0.2, 0.25) is 0 Å². The fourth-order valence-electron chi connectivity index (χ4n) is 16.3. The number of aliphatic hydroxyl groups is 6. The van der Waals surface area contributed by atoms with Crippen molar-refractivity contribution in [1.29, 1.82) is 0 Å². The number of nitrogens with zero attached hydrogens (tertiary/aromatic N) is 9. The molecule has 3 saturated heterocycles. The van der Waals surface area contributed by atoms with E-state index >= 15 is 0 Å². The number of urea groups is 1. The van der Waals surface area contributed by atoms with Gasteiger partial charge in [-0.15, -0.1) is 5.10 Å². The summed E-state index contributed by atoms with van der Waals surface area (Å²) in [4.78, 5) is 172. The molecular formula is C87H137N17O32P2. The second-order valence-corrected chi connectivity index (χ2v) is 38.3. The van der Waals surface area contributed by atoms with Crippen LogP contribution in [0, 0.1) is 36.5 Å². The van der Waals surface area contributed by atoms with Crippen molar-refractivity contribution in [2.45, 2.75) is 257 Å². The molecule has 17 N–H and O–H groups in total. The summed E-state index contributed by atoms with van der Waals surface area (Å²) in [5.74, 6) is -5.61. The van der Waals surface area contributed by atoms with Crippen molar-refractivity contribution in [3.8, 4) is 0 Å². The number of hydrogen-bond acceptors (Lipinski definition) is 34. The van der Waals surface area contributed by atoms with E-state index in [-0.39, 0.29) is 132 Å². The Morgan fingerprint density at radius 1 is 0.710 bits per heavy atom. The van der Waals surface area contributed by atoms with E-state index in [9.17, 15) is 97.5 Å². The first-order valence-corrected chi connectivity index (χ1v) is 48.7. The van der Waals surface area contributed by atoms with Crippen LogP contribution in [0.5, 0.6) is 0 Å². The van der Waals surface area contributed by atoms with E-state index in [1.807, 2.05) is 19.9 Å². The van der Waals surface area contributed by atoms with Gasteiger partial charge in [-0.3, -0.25) is 56.9 Å². The van der Waals surface area contributed by atoms with Crippen molar-refractivity contribution >= 4 is 86.0 Å². The minimum Gasteiger partial charge on any atom is -0.445 e. The molecular weight excluding hydrogens is 1860 g/mol. The van der Waals surface area contributed by atoms with E-state index in [0.717, 1.165) is 20.5 Å². The lowest BCUT2D eigenvalue weighted by atomic mass is 9.89. The monoisotopic (exact) mass is 1990 g/mol. The van der Waals surface area contributed by atoms with E-state index in [0.29, 0.717) is 42.6 Å². The predicted molar refractivity (Wildman–Crippen MR) is 489 cm³/mol. The first kappa shape index (κ1) is 114. The number of likely N-dealkylation sites (tertiary alicyclic amines) is 1. The predicted octanol–water partition coefficient (Wildman–Crippen LogP) is 0.959. The number of benzene rings is 2. The lowest BCUT2D eigenvalue weighted by molar-refractivity contribution is -0.278. The normalized spacial score (nSPS) is 22.3. The molecule has 3 fully saturated rings. The third-order valence-corrected chi connectivity index (χ3v) is 26.6. The fraction of sp³-hybridized carbons (Fsp3) is 0.678. The number of hydrogen-bond donors (Lipinski definition) is 16. The zero-order valence-electron chi connectivity index (χ0n) is 80.2. The van der Waals surface area contributed by atoms with Crippen LogP contribution < -0.4 is 43.2 Å². The van der Waals surface area contributed by atoms with Crippen LogP contribution in [0.4, 0.5) is 15.3 Å². The number of nitrogens with one attached hydrogen (secondary N) is 7. The average Bonchev–Trinajstić information content (AvgIpc) is 1.62. The van der Waals surface area contributed by atoms with Gasteiger partial charge in [0.25, 0.3) is 5.56 Å². The molecule has 5 unspecified atom stereocenters. The Hall–Kier alpha value is -9.54. The van der Waals surface area contributed by atoms with E-state index in [2.05, 4.69) is 61.5 Å². The second-order valence-electron chi connectivity index (χ2n) is 35.3. The number of rotatable bonds is 56. The van der Waals surface area contributed by atoms with Crippen molar-refractivity contribution in [1.82, 2.24) is 75.8 Å². The lowest BCUT2D eigenvalue weighted by Gasteiger charge is -2.41. The third-order valence-electron chi connectivity index (χ3n) is 24.0. The molecule has 3 aliphatic heterocycles. The molecule has 3 aliphatic rings. The molecule has 0 radical (unpaired) electrons. The number of aryl methyl sites for hydroxylation is 1. The van der Waals surface area contributed by atoms with Gasteiger partial charge in [-0.1, -0.05) is 116 Å². The van der Waals surface area contributed by atoms with Gasteiger partial charge in [0.2, 0.25) is 41.4 Å². The maximum absolute atomic E-state index is 14.9. The number of H-pyrrole nitrogens is 1. The van der Waals surface area contributed by atoms with Gasteiger partial charge in [-0.05, 0) is 86.5 Å². The number of aromatic amines is 1. The summed E-state index contributed by atoms with van der Waals surface area (Å²) in [6.07, 6.45) is -15.5. The van der Waals surface area contributed by atoms with Crippen molar-refractivity contribution in [2.75, 3.05) is 99.6 Å².